The maximum atomic E-state index is 12.6. The zero-order chi connectivity index (χ0) is 21.8. The molecular formula is C25H25N3O3. The molecule has 1 saturated carbocycles. The molecule has 1 aliphatic carbocycles. The Labute approximate surface area is 181 Å². The van der Waals surface area contributed by atoms with Gasteiger partial charge in [-0.05, 0) is 54.3 Å². The number of amides is 3. The van der Waals surface area contributed by atoms with Crippen molar-refractivity contribution in [2.45, 2.75) is 38.3 Å². The van der Waals surface area contributed by atoms with Crippen molar-refractivity contribution in [1.29, 1.82) is 0 Å². The highest BCUT2D eigenvalue weighted by Gasteiger charge is 2.24. The van der Waals surface area contributed by atoms with Gasteiger partial charge in [-0.15, -0.1) is 0 Å². The third-order valence-corrected chi connectivity index (χ3v) is 5.31. The Hall–Kier alpha value is -3.67. The van der Waals surface area contributed by atoms with Crippen LogP contribution in [0.15, 0.2) is 66.7 Å². The van der Waals surface area contributed by atoms with E-state index < -0.39 is 6.04 Å². The molecule has 0 radical (unpaired) electrons. The lowest BCUT2D eigenvalue weighted by Gasteiger charge is -2.15. The minimum Gasteiger partial charge on any atom is -0.349 e. The SMILES string of the molecule is C[C@@H](NC(=O)Cc1cccc2ccccc12)C(=O)Nc1cccc(C(=O)NC2CC2)c1. The van der Waals surface area contributed by atoms with E-state index in [1.807, 2.05) is 42.5 Å². The van der Waals surface area contributed by atoms with Crippen LogP contribution in [0.1, 0.15) is 35.7 Å². The number of nitrogens with one attached hydrogen (secondary N) is 3. The highest BCUT2D eigenvalue weighted by atomic mass is 16.2. The van der Waals surface area contributed by atoms with Crippen LogP contribution in [-0.4, -0.2) is 29.8 Å². The number of anilines is 1. The Morgan fingerprint density at radius 2 is 1.71 bits per heavy atom. The second-order valence-corrected chi connectivity index (χ2v) is 7.92. The molecule has 6 nitrogen and oxygen atoms in total. The van der Waals surface area contributed by atoms with Gasteiger partial charge in [0.2, 0.25) is 11.8 Å². The summed E-state index contributed by atoms with van der Waals surface area (Å²) in [5, 5.41) is 10.6. The normalized spacial score (nSPS) is 14.0. The average molecular weight is 415 g/mol. The molecule has 6 heteroatoms. The Bertz CT molecular complexity index is 1130. The molecule has 31 heavy (non-hydrogen) atoms. The number of hydrogen-bond acceptors (Lipinski definition) is 3. The van der Waals surface area contributed by atoms with Crippen molar-refractivity contribution in [3.8, 4) is 0 Å². The summed E-state index contributed by atoms with van der Waals surface area (Å²) in [6.07, 6.45) is 2.21. The summed E-state index contributed by atoms with van der Waals surface area (Å²) >= 11 is 0. The zero-order valence-corrected chi connectivity index (χ0v) is 17.4. The summed E-state index contributed by atoms with van der Waals surface area (Å²) in [6, 6.07) is 20.1. The van der Waals surface area contributed by atoms with Gasteiger partial charge in [0.05, 0.1) is 6.42 Å². The Morgan fingerprint density at radius 1 is 0.968 bits per heavy atom. The van der Waals surface area contributed by atoms with Gasteiger partial charge in [0.25, 0.3) is 5.91 Å². The number of carbonyl (C=O) groups excluding carboxylic acids is 3. The number of hydrogen-bond donors (Lipinski definition) is 3. The molecular weight excluding hydrogens is 390 g/mol. The van der Waals surface area contributed by atoms with Crippen molar-refractivity contribution < 1.29 is 14.4 Å². The van der Waals surface area contributed by atoms with Crippen molar-refractivity contribution in [3.63, 3.8) is 0 Å². The summed E-state index contributed by atoms with van der Waals surface area (Å²) in [7, 11) is 0. The first-order chi connectivity index (χ1) is 15.0. The summed E-state index contributed by atoms with van der Waals surface area (Å²) < 4.78 is 0. The molecule has 4 rings (SSSR count). The van der Waals surface area contributed by atoms with Crippen LogP contribution in [0, 0.1) is 0 Å². The number of benzene rings is 3. The average Bonchev–Trinajstić information content (AvgIpc) is 3.58. The Morgan fingerprint density at radius 3 is 2.52 bits per heavy atom. The standard InChI is InChI=1S/C25H25N3O3/c1-16(26-23(29)15-18-8-4-7-17-6-2-3-11-22(17)18)24(30)28-21-10-5-9-19(14-21)25(31)27-20-12-13-20/h2-11,14,16,20H,12-13,15H2,1H3,(H,26,29)(H,27,31)(H,28,30)/t16-/m1/s1. The first-order valence-corrected chi connectivity index (χ1v) is 10.5. The van der Waals surface area contributed by atoms with E-state index in [0.29, 0.717) is 11.3 Å². The van der Waals surface area contributed by atoms with Gasteiger partial charge in [0.1, 0.15) is 6.04 Å². The summed E-state index contributed by atoms with van der Waals surface area (Å²) in [6.45, 7) is 1.64. The van der Waals surface area contributed by atoms with Crippen LogP contribution in [0.25, 0.3) is 10.8 Å². The third-order valence-electron chi connectivity index (χ3n) is 5.31. The molecule has 0 unspecified atom stereocenters. The van der Waals surface area contributed by atoms with Crippen LogP contribution >= 0.6 is 0 Å². The lowest BCUT2D eigenvalue weighted by molar-refractivity contribution is -0.125. The van der Waals surface area contributed by atoms with Crippen molar-refractivity contribution >= 4 is 34.2 Å². The van der Waals surface area contributed by atoms with E-state index in [-0.39, 0.29) is 30.2 Å². The number of carbonyl (C=O) groups is 3. The lowest BCUT2D eigenvalue weighted by atomic mass is 10.0. The second kappa shape index (κ2) is 9.00. The highest BCUT2D eigenvalue weighted by molar-refractivity contribution is 6.00. The lowest BCUT2D eigenvalue weighted by Crippen LogP contribution is -2.42. The topological polar surface area (TPSA) is 87.3 Å². The third kappa shape index (κ3) is 5.28. The van der Waals surface area contributed by atoms with E-state index in [4.69, 9.17) is 0 Å². The molecule has 0 aromatic heterocycles. The molecule has 1 fully saturated rings. The molecule has 1 atom stereocenters. The fraction of sp³-hybridized carbons (Fsp3) is 0.240. The van der Waals surface area contributed by atoms with E-state index >= 15 is 0 Å². The predicted octanol–water partition coefficient (Wildman–Crippen LogP) is 3.42. The molecule has 3 amide bonds. The van der Waals surface area contributed by atoms with Crippen LogP contribution < -0.4 is 16.0 Å². The molecule has 0 spiro atoms. The number of rotatable bonds is 7. The fourth-order valence-corrected chi connectivity index (χ4v) is 3.46. The first-order valence-electron chi connectivity index (χ1n) is 10.5. The van der Waals surface area contributed by atoms with Gasteiger partial charge in [-0.1, -0.05) is 48.5 Å². The van der Waals surface area contributed by atoms with Crippen molar-refractivity contribution in [2.24, 2.45) is 0 Å². The van der Waals surface area contributed by atoms with E-state index in [2.05, 4.69) is 16.0 Å². The van der Waals surface area contributed by atoms with E-state index in [1.165, 1.54) is 0 Å². The predicted molar refractivity (Wildman–Crippen MR) is 121 cm³/mol. The van der Waals surface area contributed by atoms with Crippen LogP contribution in [0.2, 0.25) is 0 Å². The van der Waals surface area contributed by atoms with Gasteiger partial charge >= 0.3 is 0 Å². The van der Waals surface area contributed by atoms with E-state index in [1.54, 1.807) is 31.2 Å². The van der Waals surface area contributed by atoms with Gasteiger partial charge in [-0.25, -0.2) is 0 Å². The Balaban J connectivity index is 1.35. The molecule has 0 bridgehead atoms. The summed E-state index contributed by atoms with van der Waals surface area (Å²) in [4.78, 5) is 37.3. The van der Waals surface area contributed by atoms with Crippen LogP contribution in [-0.2, 0) is 16.0 Å². The van der Waals surface area contributed by atoms with Crippen molar-refractivity contribution in [2.75, 3.05) is 5.32 Å². The molecule has 1 aliphatic rings. The van der Waals surface area contributed by atoms with Gasteiger partial charge in [-0.3, -0.25) is 14.4 Å². The second-order valence-electron chi connectivity index (χ2n) is 7.92. The monoisotopic (exact) mass is 415 g/mol. The minimum absolute atomic E-state index is 0.143. The van der Waals surface area contributed by atoms with Crippen molar-refractivity contribution in [1.82, 2.24) is 10.6 Å². The fourth-order valence-electron chi connectivity index (χ4n) is 3.46. The van der Waals surface area contributed by atoms with E-state index in [0.717, 1.165) is 29.2 Å². The number of fused-ring (bicyclic) bond motifs is 1. The first kappa shape index (κ1) is 20.6. The molecule has 3 N–H and O–H groups in total. The molecule has 0 aliphatic heterocycles. The van der Waals surface area contributed by atoms with Gasteiger partial charge in [0.15, 0.2) is 0 Å². The maximum Gasteiger partial charge on any atom is 0.251 e. The smallest absolute Gasteiger partial charge is 0.251 e. The molecule has 3 aromatic rings. The quantitative estimate of drug-likeness (QED) is 0.553. The van der Waals surface area contributed by atoms with E-state index in [9.17, 15) is 14.4 Å². The summed E-state index contributed by atoms with van der Waals surface area (Å²) in [5.41, 5.74) is 1.93. The minimum atomic E-state index is -0.716. The zero-order valence-electron chi connectivity index (χ0n) is 17.4. The van der Waals surface area contributed by atoms with Crippen LogP contribution in [0.5, 0.6) is 0 Å². The largest absolute Gasteiger partial charge is 0.349 e. The molecule has 0 saturated heterocycles. The van der Waals surface area contributed by atoms with Gasteiger partial charge < -0.3 is 16.0 Å². The van der Waals surface area contributed by atoms with Crippen LogP contribution in [0.4, 0.5) is 5.69 Å². The van der Waals surface area contributed by atoms with Gasteiger partial charge in [0, 0.05) is 17.3 Å². The maximum absolute atomic E-state index is 12.6. The van der Waals surface area contributed by atoms with Crippen molar-refractivity contribution in [3.05, 3.63) is 77.9 Å². The highest BCUT2D eigenvalue weighted by Crippen LogP contribution is 2.20. The molecule has 3 aromatic carbocycles. The Kier molecular flexibility index (Phi) is 5.98. The van der Waals surface area contributed by atoms with Crippen LogP contribution in [0.3, 0.4) is 0 Å². The summed E-state index contributed by atoms with van der Waals surface area (Å²) in [5.74, 6) is -0.711. The molecule has 0 heterocycles. The van der Waals surface area contributed by atoms with Gasteiger partial charge in [-0.2, -0.15) is 0 Å². The molecule has 158 valence electrons.